The highest BCUT2D eigenvalue weighted by molar-refractivity contribution is 7.10. The summed E-state index contributed by atoms with van der Waals surface area (Å²) < 4.78 is 2.24. The van der Waals surface area contributed by atoms with Gasteiger partial charge in [0.2, 0.25) is 0 Å². The zero-order chi connectivity index (χ0) is 13.2. The van der Waals surface area contributed by atoms with Gasteiger partial charge >= 0.3 is 0 Å². The van der Waals surface area contributed by atoms with E-state index in [1.165, 1.54) is 12.2 Å². The molecule has 4 rings (SSSR count). The maximum Gasteiger partial charge on any atom is 0.277 e. The highest BCUT2D eigenvalue weighted by Gasteiger charge is 2.60. The lowest BCUT2D eigenvalue weighted by atomic mass is 9.84. The molecule has 1 aliphatic heterocycles. The van der Waals surface area contributed by atoms with Gasteiger partial charge in [0.25, 0.3) is 5.82 Å². The molecular weight excluding hydrogens is 252 g/mol. The van der Waals surface area contributed by atoms with Crippen molar-refractivity contribution in [3.63, 3.8) is 0 Å². The van der Waals surface area contributed by atoms with Crippen LogP contribution in [0.5, 0.6) is 0 Å². The first-order chi connectivity index (χ1) is 9.13. The third-order valence-corrected chi connectivity index (χ3v) is 6.37. The van der Waals surface area contributed by atoms with Crippen molar-refractivity contribution < 1.29 is 4.57 Å². The lowest BCUT2D eigenvalue weighted by Crippen LogP contribution is -2.47. The fourth-order valence-electron chi connectivity index (χ4n) is 3.98. The zero-order valence-electron chi connectivity index (χ0n) is 11.6. The first kappa shape index (κ1) is 11.5. The van der Waals surface area contributed by atoms with Gasteiger partial charge in [-0.2, -0.15) is 0 Å². The fourth-order valence-corrected chi connectivity index (χ4v) is 5.19. The third kappa shape index (κ3) is 1.29. The Bertz CT molecular complexity index is 648. The Morgan fingerprint density at radius 2 is 2.21 bits per heavy atom. The van der Waals surface area contributed by atoms with E-state index >= 15 is 0 Å². The second-order valence-corrected chi connectivity index (χ2v) is 7.01. The van der Waals surface area contributed by atoms with Gasteiger partial charge in [-0.25, -0.2) is 4.57 Å². The smallest absolute Gasteiger partial charge is 0.251 e. The molecule has 3 atom stereocenters. The quantitative estimate of drug-likeness (QED) is 0.723. The Morgan fingerprint density at radius 3 is 3.00 bits per heavy atom. The fraction of sp³-hybridized carbons (Fsp3) is 0.438. The molecule has 3 unspecified atom stereocenters. The van der Waals surface area contributed by atoms with E-state index < -0.39 is 0 Å². The lowest BCUT2D eigenvalue weighted by molar-refractivity contribution is -0.659. The van der Waals surface area contributed by atoms with E-state index in [9.17, 15) is 0 Å². The minimum Gasteiger partial charge on any atom is -0.251 e. The molecule has 0 saturated carbocycles. The number of aromatic nitrogens is 1. The van der Waals surface area contributed by atoms with Crippen LogP contribution in [0.1, 0.15) is 36.8 Å². The van der Waals surface area contributed by atoms with Gasteiger partial charge in [0.1, 0.15) is 12.1 Å². The largest absolute Gasteiger partial charge is 0.277 e. The predicted molar refractivity (Wildman–Crippen MR) is 78.6 cm³/mol. The summed E-state index contributed by atoms with van der Waals surface area (Å²) in [5.41, 5.74) is 1.89. The van der Waals surface area contributed by atoms with Crippen LogP contribution in [0.3, 0.4) is 0 Å². The average molecular weight is 271 g/mol. The van der Waals surface area contributed by atoms with Crippen molar-refractivity contribution >= 4 is 17.2 Å². The number of hydrogen-bond donors (Lipinski definition) is 0. The summed E-state index contributed by atoms with van der Waals surface area (Å²) >= 11 is 1.95. The van der Waals surface area contributed by atoms with Gasteiger partial charge in [-0.1, -0.05) is 13.0 Å². The van der Waals surface area contributed by atoms with Gasteiger partial charge in [-0.05, 0) is 24.4 Å². The van der Waals surface area contributed by atoms with Crippen LogP contribution < -0.4 is 9.47 Å². The van der Waals surface area contributed by atoms with E-state index in [-0.39, 0.29) is 0 Å². The van der Waals surface area contributed by atoms with Gasteiger partial charge in [0.15, 0.2) is 0 Å². The minimum atomic E-state index is 0.330. The van der Waals surface area contributed by atoms with Gasteiger partial charge in [0.05, 0.1) is 13.2 Å². The van der Waals surface area contributed by atoms with Crippen molar-refractivity contribution in [3.8, 4) is 0 Å². The average Bonchev–Trinajstić information content (AvgIpc) is 3.02. The molecule has 0 spiro atoms. The molecule has 0 N–H and O–H groups in total. The van der Waals surface area contributed by atoms with Crippen molar-refractivity contribution in [2.75, 3.05) is 4.90 Å². The number of thiophene rings is 1. The van der Waals surface area contributed by atoms with Crippen LogP contribution in [0.15, 0.2) is 35.8 Å². The molecular formula is C16H19N2S+. The predicted octanol–water partition coefficient (Wildman–Crippen LogP) is 3.18. The Kier molecular flexibility index (Phi) is 2.17. The van der Waals surface area contributed by atoms with Crippen LogP contribution in [-0.4, -0.2) is 6.04 Å². The minimum absolute atomic E-state index is 0.330. The van der Waals surface area contributed by atoms with Crippen molar-refractivity contribution in [1.82, 2.24) is 0 Å². The van der Waals surface area contributed by atoms with Crippen molar-refractivity contribution in [2.24, 2.45) is 7.05 Å². The highest BCUT2D eigenvalue weighted by Crippen LogP contribution is 2.59. The summed E-state index contributed by atoms with van der Waals surface area (Å²) in [5.74, 6) is 1.33. The maximum atomic E-state index is 2.62. The van der Waals surface area contributed by atoms with Gasteiger partial charge in [-0.15, -0.1) is 11.3 Å². The Balaban J connectivity index is 1.88. The lowest BCUT2D eigenvalue weighted by Gasteiger charge is -2.33. The van der Waals surface area contributed by atoms with Crippen molar-refractivity contribution in [3.05, 3.63) is 46.3 Å². The standard InChI is InChI=1S/C16H19N2S/c1-11-16(2)10-13(12-7-9-19-15(12)16)18(11)14-6-4-5-8-17(14)3/h4-9,11,13H,10H2,1-3H3/q+1. The van der Waals surface area contributed by atoms with E-state index in [4.69, 9.17) is 0 Å². The van der Waals surface area contributed by atoms with E-state index in [0.29, 0.717) is 17.5 Å². The summed E-state index contributed by atoms with van der Waals surface area (Å²) in [6.45, 7) is 4.82. The van der Waals surface area contributed by atoms with Crippen molar-refractivity contribution in [2.45, 2.75) is 37.8 Å². The van der Waals surface area contributed by atoms with Crippen LogP contribution in [0.4, 0.5) is 5.82 Å². The van der Waals surface area contributed by atoms with Crippen molar-refractivity contribution in [1.29, 1.82) is 0 Å². The number of aryl methyl sites for hydroxylation is 1. The number of hydrogen-bond acceptors (Lipinski definition) is 2. The van der Waals surface area contributed by atoms with Crippen LogP contribution >= 0.6 is 11.3 Å². The molecule has 1 fully saturated rings. The summed E-state index contributed by atoms with van der Waals surface area (Å²) in [4.78, 5) is 4.24. The van der Waals surface area contributed by atoms with E-state index in [1.54, 1.807) is 10.4 Å². The van der Waals surface area contributed by atoms with Gasteiger partial charge in [-0.3, -0.25) is 4.90 Å². The van der Waals surface area contributed by atoms with E-state index in [1.807, 2.05) is 11.3 Å². The molecule has 0 amide bonds. The van der Waals surface area contributed by atoms with Gasteiger partial charge < -0.3 is 0 Å². The normalized spacial score (nSPS) is 31.8. The second kappa shape index (κ2) is 3.60. The second-order valence-electron chi connectivity index (χ2n) is 6.10. The molecule has 98 valence electrons. The summed E-state index contributed by atoms with van der Waals surface area (Å²) in [7, 11) is 2.14. The molecule has 3 heteroatoms. The topological polar surface area (TPSA) is 7.12 Å². The van der Waals surface area contributed by atoms with Crippen LogP contribution in [0, 0.1) is 0 Å². The molecule has 2 aromatic rings. The first-order valence-corrected chi connectivity index (χ1v) is 7.82. The van der Waals surface area contributed by atoms with Crippen LogP contribution in [0.2, 0.25) is 0 Å². The number of anilines is 1. The van der Waals surface area contributed by atoms with E-state index in [0.717, 1.165) is 0 Å². The Morgan fingerprint density at radius 1 is 1.37 bits per heavy atom. The summed E-state index contributed by atoms with van der Waals surface area (Å²) in [6.07, 6.45) is 3.41. The Hall–Kier alpha value is -1.35. The summed E-state index contributed by atoms with van der Waals surface area (Å²) in [6, 6.07) is 9.95. The highest BCUT2D eigenvalue weighted by atomic mass is 32.1. The number of fused-ring (bicyclic) bond motifs is 5. The van der Waals surface area contributed by atoms with Crippen LogP contribution in [0.25, 0.3) is 0 Å². The molecule has 2 aliphatic rings. The number of rotatable bonds is 1. The zero-order valence-corrected chi connectivity index (χ0v) is 12.4. The van der Waals surface area contributed by atoms with E-state index in [2.05, 4.69) is 66.2 Å². The number of nitrogens with zero attached hydrogens (tertiary/aromatic N) is 2. The molecule has 1 aliphatic carbocycles. The molecule has 2 aromatic heterocycles. The SMILES string of the molecule is CC1N(c2cccc[n+]2C)C2CC1(C)c1sccc12. The molecule has 19 heavy (non-hydrogen) atoms. The number of pyridine rings is 1. The van der Waals surface area contributed by atoms with Gasteiger partial charge in [0, 0.05) is 28.3 Å². The van der Waals surface area contributed by atoms with Crippen LogP contribution in [-0.2, 0) is 12.5 Å². The first-order valence-electron chi connectivity index (χ1n) is 6.94. The molecule has 1 saturated heterocycles. The molecule has 0 aromatic carbocycles. The third-order valence-electron chi connectivity index (χ3n) is 5.16. The maximum absolute atomic E-state index is 2.62. The molecule has 3 heterocycles. The molecule has 0 radical (unpaired) electrons. The molecule has 2 nitrogen and oxygen atoms in total. The molecule has 2 bridgehead atoms. The summed E-state index contributed by atoms with van der Waals surface area (Å²) in [5, 5.41) is 2.26. The Labute approximate surface area is 118 Å². The monoisotopic (exact) mass is 271 g/mol.